The summed E-state index contributed by atoms with van der Waals surface area (Å²) in [5.41, 5.74) is 1.10. The molecule has 21 heavy (non-hydrogen) atoms. The zero-order valence-electron chi connectivity index (χ0n) is 11.4. The molecule has 2 aliphatic heterocycles. The van der Waals surface area contributed by atoms with Crippen molar-refractivity contribution in [1.29, 1.82) is 0 Å². The van der Waals surface area contributed by atoms with Gasteiger partial charge in [0.1, 0.15) is 11.8 Å². The molecule has 2 amide bonds. The Kier molecular flexibility index (Phi) is 3.44. The van der Waals surface area contributed by atoms with E-state index >= 15 is 0 Å². The van der Waals surface area contributed by atoms with Crippen LogP contribution in [0.2, 0.25) is 0 Å². The molecule has 0 saturated carbocycles. The fourth-order valence-electron chi connectivity index (χ4n) is 2.84. The van der Waals surface area contributed by atoms with E-state index < -0.39 is 21.0 Å². The van der Waals surface area contributed by atoms with Crippen LogP contribution in [0.5, 0.6) is 0 Å². The Morgan fingerprint density at radius 2 is 2.00 bits per heavy atom. The van der Waals surface area contributed by atoms with E-state index in [1.165, 1.54) is 4.90 Å². The number of anilines is 2. The van der Waals surface area contributed by atoms with E-state index in [4.69, 9.17) is 0 Å². The standard InChI is InChI=1S/C14H16N2O4S/c17-13-9-16(11-6-2-1-5-10(11)15-13)14(18)12-7-3-4-8-21(12,19)20/h1-2,5-6,12H,3-4,7-9H2,(H,15,17). The Hall–Kier alpha value is -1.89. The van der Waals surface area contributed by atoms with Crippen molar-refractivity contribution < 1.29 is 18.0 Å². The predicted molar refractivity (Wildman–Crippen MR) is 78.9 cm³/mol. The molecule has 1 N–H and O–H groups in total. The fraction of sp³-hybridized carbons (Fsp3) is 0.429. The molecule has 0 aromatic heterocycles. The first-order chi connectivity index (χ1) is 9.99. The summed E-state index contributed by atoms with van der Waals surface area (Å²) in [7, 11) is -3.42. The average Bonchev–Trinajstić information content (AvgIpc) is 2.45. The molecule has 1 aromatic rings. The van der Waals surface area contributed by atoms with Gasteiger partial charge in [0.05, 0.1) is 17.1 Å². The average molecular weight is 308 g/mol. The quantitative estimate of drug-likeness (QED) is 0.837. The molecule has 112 valence electrons. The molecule has 2 heterocycles. The summed E-state index contributed by atoms with van der Waals surface area (Å²) in [6.45, 7) is -0.137. The van der Waals surface area contributed by atoms with Gasteiger partial charge in [0.15, 0.2) is 9.84 Å². The summed E-state index contributed by atoms with van der Waals surface area (Å²) in [4.78, 5) is 25.7. The van der Waals surface area contributed by atoms with Crippen LogP contribution in [-0.4, -0.2) is 37.8 Å². The predicted octanol–water partition coefficient (Wildman–Crippen LogP) is 0.939. The van der Waals surface area contributed by atoms with Gasteiger partial charge in [-0.2, -0.15) is 0 Å². The highest BCUT2D eigenvalue weighted by molar-refractivity contribution is 7.92. The van der Waals surface area contributed by atoms with Crippen molar-refractivity contribution in [1.82, 2.24) is 0 Å². The lowest BCUT2D eigenvalue weighted by molar-refractivity contribution is -0.121. The summed E-state index contributed by atoms with van der Waals surface area (Å²) >= 11 is 0. The number of fused-ring (bicyclic) bond motifs is 1. The van der Waals surface area contributed by atoms with E-state index in [0.29, 0.717) is 24.2 Å². The van der Waals surface area contributed by atoms with Gasteiger partial charge in [0.25, 0.3) is 0 Å². The van der Waals surface area contributed by atoms with Gasteiger partial charge in [-0.3, -0.25) is 14.5 Å². The van der Waals surface area contributed by atoms with Crippen molar-refractivity contribution in [3.05, 3.63) is 24.3 Å². The van der Waals surface area contributed by atoms with Gasteiger partial charge < -0.3 is 5.32 Å². The second kappa shape index (κ2) is 5.14. The number of para-hydroxylation sites is 2. The van der Waals surface area contributed by atoms with Crippen LogP contribution >= 0.6 is 0 Å². The number of nitrogens with zero attached hydrogens (tertiary/aromatic N) is 1. The van der Waals surface area contributed by atoms with E-state index in [0.717, 1.165) is 6.42 Å². The minimum absolute atomic E-state index is 0.0467. The van der Waals surface area contributed by atoms with E-state index in [2.05, 4.69) is 5.32 Å². The van der Waals surface area contributed by atoms with Gasteiger partial charge in [0, 0.05) is 0 Å². The second-order valence-corrected chi connectivity index (χ2v) is 7.64. The smallest absolute Gasteiger partial charge is 0.245 e. The SMILES string of the molecule is O=C1CN(C(=O)C2CCCCS2(=O)=O)c2ccccc2N1. The lowest BCUT2D eigenvalue weighted by atomic mass is 10.1. The van der Waals surface area contributed by atoms with E-state index in [1.54, 1.807) is 24.3 Å². The molecule has 1 unspecified atom stereocenters. The van der Waals surface area contributed by atoms with Crippen LogP contribution in [-0.2, 0) is 19.4 Å². The maximum Gasteiger partial charge on any atom is 0.245 e. The Labute approximate surface area is 123 Å². The summed E-state index contributed by atoms with van der Waals surface area (Å²) in [6.07, 6.45) is 1.65. The third kappa shape index (κ3) is 2.53. The van der Waals surface area contributed by atoms with Crippen LogP contribution < -0.4 is 10.2 Å². The lowest BCUT2D eigenvalue weighted by Gasteiger charge is -2.32. The Morgan fingerprint density at radius 1 is 1.24 bits per heavy atom. The van der Waals surface area contributed by atoms with Crippen molar-refractivity contribution in [3.8, 4) is 0 Å². The van der Waals surface area contributed by atoms with Gasteiger partial charge in [-0.15, -0.1) is 0 Å². The Bertz CT molecular complexity index is 699. The van der Waals surface area contributed by atoms with Crippen molar-refractivity contribution in [2.75, 3.05) is 22.5 Å². The summed E-state index contributed by atoms with van der Waals surface area (Å²) in [5, 5.41) is 1.66. The lowest BCUT2D eigenvalue weighted by Crippen LogP contribution is -2.50. The topological polar surface area (TPSA) is 83.6 Å². The molecule has 0 spiro atoms. The van der Waals surface area contributed by atoms with E-state index in [9.17, 15) is 18.0 Å². The van der Waals surface area contributed by atoms with Crippen LogP contribution in [0.25, 0.3) is 0 Å². The first kappa shape index (κ1) is 14.1. The second-order valence-electron chi connectivity index (χ2n) is 5.34. The van der Waals surface area contributed by atoms with Gasteiger partial charge in [-0.1, -0.05) is 18.6 Å². The fourth-order valence-corrected chi connectivity index (χ4v) is 4.69. The van der Waals surface area contributed by atoms with Gasteiger partial charge in [-0.05, 0) is 25.0 Å². The minimum atomic E-state index is -3.42. The van der Waals surface area contributed by atoms with Gasteiger partial charge >= 0.3 is 0 Å². The van der Waals surface area contributed by atoms with E-state index in [-0.39, 0.29) is 18.2 Å². The summed E-state index contributed by atoms with van der Waals surface area (Å²) in [6, 6.07) is 6.92. The van der Waals surface area contributed by atoms with Crippen LogP contribution in [0, 0.1) is 0 Å². The van der Waals surface area contributed by atoms with E-state index in [1.807, 2.05) is 0 Å². The first-order valence-electron chi connectivity index (χ1n) is 6.91. The van der Waals surface area contributed by atoms with Crippen LogP contribution in [0.3, 0.4) is 0 Å². The van der Waals surface area contributed by atoms with Gasteiger partial charge in [-0.25, -0.2) is 8.42 Å². The van der Waals surface area contributed by atoms with Crippen LogP contribution in [0.15, 0.2) is 24.3 Å². The maximum absolute atomic E-state index is 12.6. The third-order valence-electron chi connectivity index (χ3n) is 3.89. The molecule has 0 aliphatic carbocycles. The Morgan fingerprint density at radius 3 is 2.76 bits per heavy atom. The number of carbonyl (C=O) groups is 2. The molecule has 7 heteroatoms. The highest BCUT2D eigenvalue weighted by atomic mass is 32.2. The van der Waals surface area contributed by atoms with Gasteiger partial charge in [0.2, 0.25) is 11.8 Å². The summed E-state index contributed by atoms with van der Waals surface area (Å²) in [5.74, 6) is -0.752. The number of nitrogens with one attached hydrogen (secondary N) is 1. The molecule has 1 fully saturated rings. The van der Waals surface area contributed by atoms with Crippen LogP contribution in [0.1, 0.15) is 19.3 Å². The number of sulfone groups is 1. The highest BCUT2D eigenvalue weighted by Gasteiger charge is 2.39. The number of hydrogen-bond donors (Lipinski definition) is 1. The normalized spacial score (nSPS) is 24.1. The largest absolute Gasteiger partial charge is 0.323 e. The first-order valence-corrected chi connectivity index (χ1v) is 8.62. The Balaban J connectivity index is 1.97. The summed E-state index contributed by atoms with van der Waals surface area (Å²) < 4.78 is 24.2. The number of rotatable bonds is 1. The van der Waals surface area contributed by atoms with Crippen LogP contribution in [0.4, 0.5) is 11.4 Å². The molecule has 1 saturated heterocycles. The molecule has 6 nitrogen and oxygen atoms in total. The minimum Gasteiger partial charge on any atom is -0.323 e. The third-order valence-corrected chi connectivity index (χ3v) is 6.05. The molecule has 1 atom stereocenters. The zero-order valence-corrected chi connectivity index (χ0v) is 12.2. The molecule has 2 aliphatic rings. The van der Waals surface area contributed by atoms with Crippen molar-refractivity contribution in [2.24, 2.45) is 0 Å². The number of benzene rings is 1. The molecule has 3 rings (SSSR count). The maximum atomic E-state index is 12.6. The molecule has 1 aromatic carbocycles. The number of carbonyl (C=O) groups excluding carboxylic acids is 2. The highest BCUT2D eigenvalue weighted by Crippen LogP contribution is 2.31. The van der Waals surface area contributed by atoms with Crippen molar-refractivity contribution >= 4 is 33.0 Å². The van der Waals surface area contributed by atoms with Crippen molar-refractivity contribution in [3.63, 3.8) is 0 Å². The molecule has 0 bridgehead atoms. The molecule has 0 radical (unpaired) electrons. The molecular formula is C14H16N2O4S. The number of amides is 2. The monoisotopic (exact) mass is 308 g/mol. The number of hydrogen-bond acceptors (Lipinski definition) is 4. The van der Waals surface area contributed by atoms with Crippen molar-refractivity contribution in [2.45, 2.75) is 24.5 Å². The zero-order chi connectivity index (χ0) is 15.0. The molecular weight excluding hydrogens is 292 g/mol.